The first kappa shape index (κ1) is 10.2. The van der Waals surface area contributed by atoms with E-state index in [9.17, 15) is 0 Å². The number of aliphatic hydroxyl groups excluding tert-OH is 1. The minimum atomic E-state index is 0.0769. The van der Waals surface area contributed by atoms with Crippen molar-refractivity contribution in [1.29, 1.82) is 0 Å². The lowest BCUT2D eigenvalue weighted by atomic mass is 10.2. The second-order valence-electron chi connectivity index (χ2n) is 3.30. The Hall–Kier alpha value is -1.34. The van der Waals surface area contributed by atoms with Crippen LogP contribution in [0.25, 0.3) is 11.2 Å². The van der Waals surface area contributed by atoms with E-state index in [0.29, 0.717) is 16.6 Å². The van der Waals surface area contributed by atoms with E-state index >= 15 is 0 Å². The number of aromatic amines is 1. The monoisotopic (exact) mass is 225 g/mol. The maximum Gasteiger partial charge on any atom is 0.166 e. The fourth-order valence-electron chi connectivity index (χ4n) is 1.40. The molecule has 2 N–H and O–H groups in total. The van der Waals surface area contributed by atoms with E-state index in [1.807, 2.05) is 6.92 Å². The van der Waals surface area contributed by atoms with Crippen molar-refractivity contribution >= 4 is 23.4 Å². The van der Waals surface area contributed by atoms with Crippen molar-refractivity contribution in [3.05, 3.63) is 11.0 Å². The predicted molar refractivity (Wildman–Crippen MR) is 56.9 cm³/mol. The number of hydrogen-bond acceptors (Lipinski definition) is 5. The topological polar surface area (TPSA) is 79.6 Å². The Morgan fingerprint density at radius 2 is 2.47 bits per heavy atom. The molecule has 2 heterocycles. The largest absolute Gasteiger partial charge is 0.396 e. The van der Waals surface area contributed by atoms with Gasteiger partial charge in [-0.1, -0.05) is 17.4 Å². The molecule has 2 rings (SSSR count). The second kappa shape index (κ2) is 4.03. The molecule has 2 aromatic rings. The molecule has 1 atom stereocenters. The Balaban J connectivity index is 2.54. The molecule has 0 aromatic carbocycles. The third-order valence-electron chi connectivity index (χ3n) is 2.24. The van der Waals surface area contributed by atoms with Gasteiger partial charge in [0, 0.05) is 6.61 Å². The van der Waals surface area contributed by atoms with Gasteiger partial charge in [-0.25, -0.2) is 9.67 Å². The quantitative estimate of drug-likeness (QED) is 0.756. The SMILES string of the molecule is CC(CCO)n1nnc2c(=S)nc[nH]c21. The van der Waals surface area contributed by atoms with Crippen LogP contribution in [0.2, 0.25) is 0 Å². The van der Waals surface area contributed by atoms with Gasteiger partial charge in [-0.3, -0.25) is 0 Å². The fraction of sp³-hybridized carbons (Fsp3) is 0.500. The van der Waals surface area contributed by atoms with Crippen LogP contribution < -0.4 is 0 Å². The number of H-pyrrole nitrogens is 1. The second-order valence-corrected chi connectivity index (χ2v) is 3.69. The molecule has 0 saturated carbocycles. The Bertz CT molecular complexity index is 519. The number of nitrogens with zero attached hydrogens (tertiary/aromatic N) is 4. The first-order valence-electron chi connectivity index (χ1n) is 4.63. The summed E-state index contributed by atoms with van der Waals surface area (Å²) in [5.74, 6) is 0. The molecule has 0 aliphatic heterocycles. The summed E-state index contributed by atoms with van der Waals surface area (Å²) in [7, 11) is 0. The van der Waals surface area contributed by atoms with Crippen LogP contribution in [0, 0.1) is 4.64 Å². The van der Waals surface area contributed by atoms with Crippen LogP contribution in [0.4, 0.5) is 0 Å². The summed E-state index contributed by atoms with van der Waals surface area (Å²) in [6.45, 7) is 2.08. The summed E-state index contributed by atoms with van der Waals surface area (Å²) in [5.41, 5.74) is 1.34. The van der Waals surface area contributed by atoms with Crippen molar-refractivity contribution in [3.63, 3.8) is 0 Å². The van der Waals surface area contributed by atoms with Gasteiger partial charge < -0.3 is 10.1 Å². The molecule has 0 spiro atoms. The Morgan fingerprint density at radius 1 is 1.67 bits per heavy atom. The van der Waals surface area contributed by atoms with E-state index in [2.05, 4.69) is 20.3 Å². The van der Waals surface area contributed by atoms with Crippen molar-refractivity contribution in [2.24, 2.45) is 0 Å². The summed E-state index contributed by atoms with van der Waals surface area (Å²) < 4.78 is 2.15. The number of nitrogens with one attached hydrogen (secondary N) is 1. The van der Waals surface area contributed by atoms with Crippen molar-refractivity contribution in [2.45, 2.75) is 19.4 Å². The smallest absolute Gasteiger partial charge is 0.166 e. The lowest BCUT2D eigenvalue weighted by Crippen LogP contribution is -2.09. The summed E-state index contributed by atoms with van der Waals surface area (Å²) in [6, 6.07) is 0.0769. The number of aliphatic hydroxyl groups is 1. The third kappa shape index (κ3) is 1.75. The summed E-state index contributed by atoms with van der Waals surface area (Å²) >= 11 is 5.02. The predicted octanol–water partition coefficient (Wildman–Crippen LogP) is 0.827. The molecule has 0 radical (unpaired) electrons. The number of rotatable bonds is 3. The first-order chi connectivity index (χ1) is 7.24. The van der Waals surface area contributed by atoms with E-state index in [1.165, 1.54) is 6.33 Å². The van der Waals surface area contributed by atoms with Gasteiger partial charge >= 0.3 is 0 Å². The fourth-order valence-corrected chi connectivity index (χ4v) is 1.59. The summed E-state index contributed by atoms with van der Waals surface area (Å²) in [4.78, 5) is 6.88. The van der Waals surface area contributed by atoms with Gasteiger partial charge in [-0.15, -0.1) is 5.10 Å². The third-order valence-corrected chi connectivity index (χ3v) is 2.54. The molecular formula is C8H11N5OS. The van der Waals surface area contributed by atoms with Crippen molar-refractivity contribution in [1.82, 2.24) is 25.0 Å². The average Bonchev–Trinajstić information content (AvgIpc) is 2.63. The van der Waals surface area contributed by atoms with Crippen LogP contribution in [0.15, 0.2) is 6.33 Å². The Morgan fingerprint density at radius 3 is 3.20 bits per heavy atom. The normalized spacial score (nSPS) is 13.2. The molecule has 2 aromatic heterocycles. The Labute approximate surface area is 91.0 Å². The van der Waals surface area contributed by atoms with E-state index in [-0.39, 0.29) is 12.6 Å². The maximum atomic E-state index is 8.86. The van der Waals surface area contributed by atoms with Gasteiger partial charge in [0.2, 0.25) is 0 Å². The average molecular weight is 225 g/mol. The number of fused-ring (bicyclic) bond motifs is 1. The molecule has 1 unspecified atom stereocenters. The molecule has 80 valence electrons. The molecule has 0 aliphatic rings. The molecule has 0 fully saturated rings. The highest BCUT2D eigenvalue weighted by Gasteiger charge is 2.11. The zero-order chi connectivity index (χ0) is 10.8. The number of hydrogen-bond donors (Lipinski definition) is 2. The van der Waals surface area contributed by atoms with E-state index < -0.39 is 0 Å². The maximum absolute atomic E-state index is 8.86. The van der Waals surface area contributed by atoms with Crippen LogP contribution in [-0.4, -0.2) is 36.7 Å². The van der Waals surface area contributed by atoms with Crippen LogP contribution in [-0.2, 0) is 0 Å². The molecular weight excluding hydrogens is 214 g/mol. The van der Waals surface area contributed by atoms with Crippen molar-refractivity contribution < 1.29 is 5.11 Å². The van der Waals surface area contributed by atoms with Crippen molar-refractivity contribution in [2.75, 3.05) is 6.61 Å². The Kier molecular flexibility index (Phi) is 2.74. The van der Waals surface area contributed by atoms with Gasteiger partial charge in [0.15, 0.2) is 15.8 Å². The lowest BCUT2D eigenvalue weighted by Gasteiger charge is -2.09. The molecule has 0 amide bonds. The zero-order valence-corrected chi connectivity index (χ0v) is 9.03. The first-order valence-corrected chi connectivity index (χ1v) is 5.04. The number of aromatic nitrogens is 5. The van der Waals surface area contributed by atoms with Crippen molar-refractivity contribution in [3.8, 4) is 0 Å². The van der Waals surface area contributed by atoms with E-state index in [1.54, 1.807) is 4.68 Å². The van der Waals surface area contributed by atoms with Crippen LogP contribution in [0.3, 0.4) is 0 Å². The minimum Gasteiger partial charge on any atom is -0.396 e. The van der Waals surface area contributed by atoms with Gasteiger partial charge in [0.1, 0.15) is 0 Å². The highest BCUT2D eigenvalue weighted by atomic mass is 32.1. The molecule has 15 heavy (non-hydrogen) atoms. The lowest BCUT2D eigenvalue weighted by molar-refractivity contribution is 0.258. The minimum absolute atomic E-state index is 0.0769. The highest BCUT2D eigenvalue weighted by molar-refractivity contribution is 7.71. The molecule has 6 nitrogen and oxygen atoms in total. The summed E-state index contributed by atoms with van der Waals surface area (Å²) in [6.07, 6.45) is 2.15. The van der Waals surface area contributed by atoms with Crippen LogP contribution in [0.5, 0.6) is 0 Å². The zero-order valence-electron chi connectivity index (χ0n) is 8.21. The van der Waals surface area contributed by atoms with E-state index in [0.717, 1.165) is 5.65 Å². The van der Waals surface area contributed by atoms with E-state index in [4.69, 9.17) is 17.3 Å². The standard InChI is InChI=1S/C8H11N5OS/c1-5(2-3-14)13-7-6(11-12-13)8(15)10-4-9-7/h4-5,14H,2-3H2,1H3,(H,9,10,15). The molecule has 0 saturated heterocycles. The molecule has 0 aliphatic carbocycles. The van der Waals surface area contributed by atoms with Crippen LogP contribution in [0.1, 0.15) is 19.4 Å². The molecule has 0 bridgehead atoms. The molecule has 7 heteroatoms. The van der Waals surface area contributed by atoms with Gasteiger partial charge in [0.05, 0.1) is 12.4 Å². The summed E-state index contributed by atoms with van der Waals surface area (Å²) in [5, 5.41) is 16.8. The van der Waals surface area contributed by atoms with Gasteiger partial charge in [-0.05, 0) is 13.3 Å². The van der Waals surface area contributed by atoms with Gasteiger partial charge in [-0.2, -0.15) is 0 Å². The van der Waals surface area contributed by atoms with Gasteiger partial charge in [0.25, 0.3) is 0 Å². The van der Waals surface area contributed by atoms with Crippen LogP contribution >= 0.6 is 12.2 Å². The highest BCUT2D eigenvalue weighted by Crippen LogP contribution is 2.15.